The number of carboxylic acids is 1. The summed E-state index contributed by atoms with van der Waals surface area (Å²) in [6.45, 7) is 2.99. The topological polar surface area (TPSA) is 67.8 Å². The van der Waals surface area contributed by atoms with Gasteiger partial charge in [0, 0.05) is 6.42 Å². The smallest absolute Gasteiger partial charge is 0.320 e. The average molecular weight is 267 g/mol. The molecule has 0 aliphatic carbocycles. The summed E-state index contributed by atoms with van der Waals surface area (Å²) in [6, 6.07) is 6.81. The van der Waals surface area contributed by atoms with Crippen LogP contribution in [0.25, 0.3) is 0 Å². The molecule has 0 spiro atoms. The van der Waals surface area contributed by atoms with E-state index in [1.165, 1.54) is 0 Å². The van der Waals surface area contributed by atoms with Crippen LogP contribution in [0, 0.1) is 0 Å². The molecule has 19 heavy (non-hydrogen) atoms. The van der Waals surface area contributed by atoms with Crippen molar-refractivity contribution >= 4 is 5.97 Å². The first-order valence-corrected chi connectivity index (χ1v) is 6.43. The molecular formula is C14H21NO4. The van der Waals surface area contributed by atoms with Crippen molar-refractivity contribution in [3.63, 3.8) is 0 Å². The van der Waals surface area contributed by atoms with Crippen molar-refractivity contribution in [2.75, 3.05) is 20.3 Å². The average Bonchev–Trinajstić information content (AvgIpc) is 2.42. The molecule has 1 rings (SSSR count). The third kappa shape index (κ3) is 5.18. The summed E-state index contributed by atoms with van der Waals surface area (Å²) >= 11 is 0. The minimum Gasteiger partial charge on any atom is -0.490 e. The lowest BCUT2D eigenvalue weighted by atomic mass is 10.2. The summed E-state index contributed by atoms with van der Waals surface area (Å²) in [7, 11) is 1.62. The minimum atomic E-state index is -0.874. The number of carboxylic acid groups (broad SMARTS) is 1. The van der Waals surface area contributed by atoms with Gasteiger partial charge in [0.1, 0.15) is 6.04 Å². The summed E-state index contributed by atoms with van der Waals surface area (Å²) < 4.78 is 11.1. The van der Waals surface area contributed by atoms with Crippen LogP contribution in [0.5, 0.6) is 11.5 Å². The molecule has 1 unspecified atom stereocenters. The zero-order valence-electron chi connectivity index (χ0n) is 11.4. The van der Waals surface area contributed by atoms with Gasteiger partial charge >= 0.3 is 5.97 Å². The van der Waals surface area contributed by atoms with Crippen LogP contribution in [-0.2, 0) is 4.79 Å². The minimum absolute atomic E-state index is 0.324. The molecule has 0 aromatic heterocycles. The summed E-state index contributed by atoms with van der Waals surface area (Å²) in [5, 5.41) is 11.6. The number of nitrogens with one attached hydrogen (secondary N) is 1. The SMILES string of the molecule is CCCOc1ccccc1OCCC(NC)C(=O)O. The van der Waals surface area contributed by atoms with E-state index in [4.69, 9.17) is 14.6 Å². The number of aliphatic carboxylic acids is 1. The van der Waals surface area contributed by atoms with Crippen LogP contribution in [-0.4, -0.2) is 37.4 Å². The Kier molecular flexibility index (Phi) is 6.74. The van der Waals surface area contributed by atoms with E-state index in [-0.39, 0.29) is 0 Å². The van der Waals surface area contributed by atoms with E-state index in [1.807, 2.05) is 31.2 Å². The van der Waals surface area contributed by atoms with Crippen molar-refractivity contribution < 1.29 is 19.4 Å². The standard InChI is InChI=1S/C14H21NO4/c1-3-9-18-12-6-4-5-7-13(12)19-10-8-11(15-2)14(16)17/h4-7,11,15H,3,8-10H2,1-2H3,(H,16,17). The first kappa shape index (κ1) is 15.3. The van der Waals surface area contributed by atoms with Crippen LogP contribution in [0.4, 0.5) is 0 Å². The predicted molar refractivity (Wildman–Crippen MR) is 72.8 cm³/mol. The van der Waals surface area contributed by atoms with Gasteiger partial charge in [-0.1, -0.05) is 19.1 Å². The lowest BCUT2D eigenvalue weighted by molar-refractivity contribution is -0.139. The van der Waals surface area contributed by atoms with Crippen LogP contribution in [0.2, 0.25) is 0 Å². The van der Waals surface area contributed by atoms with Crippen molar-refractivity contribution in [3.8, 4) is 11.5 Å². The van der Waals surface area contributed by atoms with Gasteiger partial charge in [0.25, 0.3) is 0 Å². The number of ether oxygens (including phenoxy) is 2. The summed E-state index contributed by atoms with van der Waals surface area (Å²) in [6.07, 6.45) is 1.32. The van der Waals surface area contributed by atoms with Crippen molar-refractivity contribution in [2.45, 2.75) is 25.8 Å². The van der Waals surface area contributed by atoms with E-state index in [0.29, 0.717) is 31.1 Å². The Bertz CT molecular complexity index is 395. The quantitative estimate of drug-likeness (QED) is 0.715. The Balaban J connectivity index is 2.50. The van der Waals surface area contributed by atoms with Gasteiger partial charge in [-0.2, -0.15) is 0 Å². The molecule has 0 saturated heterocycles. The molecule has 0 saturated carbocycles. The van der Waals surface area contributed by atoms with Crippen LogP contribution < -0.4 is 14.8 Å². The maximum Gasteiger partial charge on any atom is 0.320 e. The first-order chi connectivity index (χ1) is 9.19. The molecule has 0 aliphatic rings. The van der Waals surface area contributed by atoms with Gasteiger partial charge in [-0.25, -0.2) is 0 Å². The number of hydrogen-bond acceptors (Lipinski definition) is 4. The molecule has 5 nitrogen and oxygen atoms in total. The van der Waals surface area contributed by atoms with Crippen molar-refractivity contribution in [1.29, 1.82) is 0 Å². The normalized spacial score (nSPS) is 11.9. The molecule has 0 heterocycles. The lowest BCUT2D eigenvalue weighted by Gasteiger charge is -2.14. The number of benzene rings is 1. The van der Waals surface area contributed by atoms with Crippen LogP contribution in [0.1, 0.15) is 19.8 Å². The summed E-state index contributed by atoms with van der Waals surface area (Å²) in [5.41, 5.74) is 0. The molecule has 0 fully saturated rings. The van der Waals surface area contributed by atoms with E-state index in [0.717, 1.165) is 6.42 Å². The Hall–Kier alpha value is -1.75. The highest BCUT2D eigenvalue weighted by atomic mass is 16.5. The number of para-hydroxylation sites is 2. The molecule has 1 atom stereocenters. The van der Waals surface area contributed by atoms with E-state index in [2.05, 4.69) is 5.32 Å². The molecule has 1 aromatic carbocycles. The summed E-state index contributed by atoms with van der Waals surface area (Å²) in [5.74, 6) is 0.471. The molecule has 0 aliphatic heterocycles. The third-order valence-electron chi connectivity index (χ3n) is 2.62. The molecule has 2 N–H and O–H groups in total. The van der Waals surface area contributed by atoms with E-state index in [1.54, 1.807) is 7.05 Å². The fourth-order valence-electron chi connectivity index (χ4n) is 1.58. The van der Waals surface area contributed by atoms with Gasteiger partial charge in [-0.3, -0.25) is 4.79 Å². The molecule has 0 amide bonds. The van der Waals surface area contributed by atoms with Gasteiger partial charge in [-0.15, -0.1) is 0 Å². The Labute approximate surface area is 113 Å². The van der Waals surface area contributed by atoms with Gasteiger partial charge in [0.2, 0.25) is 0 Å². The highest BCUT2D eigenvalue weighted by Gasteiger charge is 2.14. The Morgan fingerprint density at radius 3 is 2.32 bits per heavy atom. The van der Waals surface area contributed by atoms with Gasteiger partial charge < -0.3 is 19.9 Å². The number of rotatable bonds is 9. The van der Waals surface area contributed by atoms with Gasteiger partial charge in [-0.05, 0) is 25.6 Å². The zero-order chi connectivity index (χ0) is 14.1. The summed E-state index contributed by atoms with van der Waals surface area (Å²) in [4.78, 5) is 10.8. The van der Waals surface area contributed by atoms with Crippen LogP contribution in [0.15, 0.2) is 24.3 Å². The predicted octanol–water partition coefficient (Wildman–Crippen LogP) is 1.92. The largest absolute Gasteiger partial charge is 0.490 e. The second-order valence-corrected chi connectivity index (χ2v) is 4.11. The van der Waals surface area contributed by atoms with E-state index in [9.17, 15) is 4.79 Å². The molecule has 1 aromatic rings. The zero-order valence-corrected chi connectivity index (χ0v) is 11.4. The third-order valence-corrected chi connectivity index (χ3v) is 2.62. The lowest BCUT2D eigenvalue weighted by Crippen LogP contribution is -2.35. The molecule has 0 bridgehead atoms. The maximum atomic E-state index is 10.8. The van der Waals surface area contributed by atoms with Crippen LogP contribution >= 0.6 is 0 Å². The van der Waals surface area contributed by atoms with Crippen molar-refractivity contribution in [3.05, 3.63) is 24.3 Å². The molecule has 0 radical (unpaired) electrons. The highest BCUT2D eigenvalue weighted by molar-refractivity contribution is 5.73. The second kappa shape index (κ2) is 8.37. The number of carbonyl (C=O) groups is 1. The van der Waals surface area contributed by atoms with Crippen molar-refractivity contribution in [1.82, 2.24) is 5.32 Å². The maximum absolute atomic E-state index is 10.8. The van der Waals surface area contributed by atoms with Crippen LogP contribution in [0.3, 0.4) is 0 Å². The van der Waals surface area contributed by atoms with E-state index >= 15 is 0 Å². The monoisotopic (exact) mass is 267 g/mol. The van der Waals surface area contributed by atoms with Gasteiger partial charge in [0.15, 0.2) is 11.5 Å². The molecular weight excluding hydrogens is 246 g/mol. The fourth-order valence-corrected chi connectivity index (χ4v) is 1.58. The molecule has 5 heteroatoms. The molecule has 106 valence electrons. The fraction of sp³-hybridized carbons (Fsp3) is 0.500. The Morgan fingerprint density at radius 1 is 1.26 bits per heavy atom. The second-order valence-electron chi connectivity index (χ2n) is 4.11. The van der Waals surface area contributed by atoms with E-state index < -0.39 is 12.0 Å². The highest BCUT2D eigenvalue weighted by Crippen LogP contribution is 2.26. The number of likely N-dealkylation sites (N-methyl/N-ethyl adjacent to an activating group) is 1. The first-order valence-electron chi connectivity index (χ1n) is 6.43. The Morgan fingerprint density at radius 2 is 1.84 bits per heavy atom. The van der Waals surface area contributed by atoms with Crippen molar-refractivity contribution in [2.24, 2.45) is 0 Å². The van der Waals surface area contributed by atoms with Gasteiger partial charge in [0.05, 0.1) is 13.2 Å². The number of hydrogen-bond donors (Lipinski definition) is 2.